The number of hydrogen-bond acceptors (Lipinski definition) is 1. The average molecular weight is 445 g/mol. The third-order valence-corrected chi connectivity index (χ3v) is 7.84. The molecule has 0 N–H and O–H groups in total. The van der Waals surface area contributed by atoms with Crippen LogP contribution in [0.1, 0.15) is 16.8 Å². The Morgan fingerprint density at radius 3 is 2.43 bits per heavy atom. The first-order valence-corrected chi connectivity index (χ1v) is 12.1. The number of benzene rings is 4. The van der Waals surface area contributed by atoms with E-state index in [1.165, 1.54) is 60.4 Å². The Kier molecular flexibility index (Phi) is 3.60. The molecule has 0 radical (unpaired) electrons. The molecule has 2 aliphatic rings. The lowest BCUT2D eigenvalue weighted by Gasteiger charge is -2.22. The van der Waals surface area contributed by atoms with E-state index in [9.17, 15) is 5.26 Å². The summed E-state index contributed by atoms with van der Waals surface area (Å²) in [6.07, 6.45) is 12.3. The van der Waals surface area contributed by atoms with Crippen molar-refractivity contribution in [2.75, 3.05) is 0 Å². The van der Waals surface area contributed by atoms with Crippen LogP contribution < -0.4 is 0 Å². The summed E-state index contributed by atoms with van der Waals surface area (Å²) in [7, 11) is 0. The fourth-order valence-electron chi connectivity index (χ4n) is 6.17. The summed E-state index contributed by atoms with van der Waals surface area (Å²) in [6.45, 7) is 0. The molecule has 6 aromatic rings. The molecule has 0 saturated carbocycles. The van der Waals surface area contributed by atoms with Crippen LogP contribution in [0.2, 0.25) is 0 Å². The zero-order chi connectivity index (χ0) is 23.1. The summed E-state index contributed by atoms with van der Waals surface area (Å²) in [5.41, 5.74) is 9.77. The minimum absolute atomic E-state index is 0.430. The largest absolute Gasteiger partial charge is 0.312 e. The standard InChI is InChI=1S/C33H20N2/c34-19-20-9-11-21(12-10-20)26-15-29-27-13-22-5-1-3-7-24(22)17-31(27)35-32-18-25-8-4-2-6-23(25)14-28(32)30(16-26)33(29)35/h1-17,25H,18H2. The Morgan fingerprint density at radius 1 is 0.800 bits per heavy atom. The topological polar surface area (TPSA) is 28.2 Å². The maximum absolute atomic E-state index is 9.26. The molecule has 0 spiro atoms. The molecule has 4 aromatic carbocycles. The third-order valence-electron chi connectivity index (χ3n) is 7.84. The van der Waals surface area contributed by atoms with Gasteiger partial charge in [-0.05, 0) is 76.4 Å². The van der Waals surface area contributed by atoms with Gasteiger partial charge in [0.25, 0.3) is 0 Å². The van der Waals surface area contributed by atoms with Crippen molar-refractivity contribution in [3.63, 3.8) is 0 Å². The van der Waals surface area contributed by atoms with Crippen molar-refractivity contribution in [3.8, 4) is 17.2 Å². The lowest BCUT2D eigenvalue weighted by molar-refractivity contribution is 0.737. The maximum Gasteiger partial charge on any atom is 0.0991 e. The lowest BCUT2D eigenvalue weighted by atomic mass is 9.83. The fraction of sp³-hybridized carbons (Fsp3) is 0.0606. The van der Waals surface area contributed by atoms with E-state index in [2.05, 4.69) is 102 Å². The van der Waals surface area contributed by atoms with Gasteiger partial charge in [0.15, 0.2) is 0 Å². The second-order valence-electron chi connectivity index (χ2n) is 9.72. The number of nitriles is 1. The van der Waals surface area contributed by atoms with Crippen LogP contribution in [0.3, 0.4) is 0 Å². The quantitative estimate of drug-likeness (QED) is 0.252. The predicted molar refractivity (Wildman–Crippen MR) is 145 cm³/mol. The van der Waals surface area contributed by atoms with Crippen molar-refractivity contribution in [1.29, 1.82) is 5.26 Å². The van der Waals surface area contributed by atoms with Crippen LogP contribution in [-0.4, -0.2) is 4.40 Å². The maximum atomic E-state index is 9.26. The number of allylic oxidation sites excluding steroid dienone is 5. The number of hydrogen-bond donors (Lipinski definition) is 0. The van der Waals surface area contributed by atoms with Gasteiger partial charge in [0, 0.05) is 33.3 Å². The van der Waals surface area contributed by atoms with Gasteiger partial charge in [-0.25, -0.2) is 0 Å². The summed E-state index contributed by atoms with van der Waals surface area (Å²) in [6, 6.07) is 28.2. The minimum Gasteiger partial charge on any atom is -0.312 e. The normalized spacial score (nSPS) is 16.7. The van der Waals surface area contributed by atoms with Crippen molar-refractivity contribution >= 4 is 44.0 Å². The Balaban J connectivity index is 1.53. The number of fused-ring (bicyclic) bond motifs is 8. The van der Waals surface area contributed by atoms with Gasteiger partial charge >= 0.3 is 0 Å². The van der Waals surface area contributed by atoms with Crippen LogP contribution in [0.25, 0.3) is 55.2 Å². The molecule has 2 heterocycles. The number of aromatic nitrogens is 1. The van der Waals surface area contributed by atoms with Crippen LogP contribution in [0.15, 0.2) is 103 Å². The molecular weight excluding hydrogens is 424 g/mol. The first kappa shape index (κ1) is 18.8. The Labute approximate surface area is 202 Å². The Hall–Kier alpha value is -4.61. The lowest BCUT2D eigenvalue weighted by Crippen LogP contribution is -2.12. The van der Waals surface area contributed by atoms with Crippen molar-refractivity contribution in [2.24, 2.45) is 5.92 Å². The van der Waals surface area contributed by atoms with Gasteiger partial charge in [0.05, 0.1) is 22.7 Å². The summed E-state index contributed by atoms with van der Waals surface area (Å²) >= 11 is 0. The molecule has 0 amide bonds. The molecule has 162 valence electrons. The molecule has 2 aliphatic carbocycles. The van der Waals surface area contributed by atoms with Gasteiger partial charge in [0.1, 0.15) is 0 Å². The summed E-state index contributed by atoms with van der Waals surface area (Å²) < 4.78 is 2.53. The Morgan fingerprint density at radius 2 is 1.60 bits per heavy atom. The molecule has 1 atom stereocenters. The van der Waals surface area contributed by atoms with Crippen LogP contribution in [0.4, 0.5) is 0 Å². The van der Waals surface area contributed by atoms with E-state index in [1.807, 2.05) is 12.1 Å². The second kappa shape index (κ2) is 6.72. The van der Waals surface area contributed by atoms with E-state index in [-0.39, 0.29) is 0 Å². The second-order valence-corrected chi connectivity index (χ2v) is 9.72. The molecule has 2 aromatic heterocycles. The summed E-state index contributed by atoms with van der Waals surface area (Å²) in [4.78, 5) is 0. The van der Waals surface area contributed by atoms with Crippen LogP contribution in [0, 0.1) is 17.2 Å². The van der Waals surface area contributed by atoms with Gasteiger partial charge in [-0.2, -0.15) is 5.26 Å². The molecular formula is C33H20N2. The van der Waals surface area contributed by atoms with Gasteiger partial charge in [-0.1, -0.05) is 60.7 Å². The van der Waals surface area contributed by atoms with E-state index in [1.54, 1.807) is 0 Å². The first-order valence-electron chi connectivity index (χ1n) is 12.1. The summed E-state index contributed by atoms with van der Waals surface area (Å²) in [5, 5.41) is 15.7. The number of rotatable bonds is 1. The molecule has 2 heteroatoms. The van der Waals surface area contributed by atoms with E-state index >= 15 is 0 Å². The number of nitrogens with zero attached hydrogens (tertiary/aromatic N) is 2. The van der Waals surface area contributed by atoms with Crippen molar-refractivity contribution in [3.05, 3.63) is 119 Å². The molecule has 0 bridgehead atoms. The van der Waals surface area contributed by atoms with Gasteiger partial charge in [0.2, 0.25) is 0 Å². The Bertz CT molecular complexity index is 1970. The molecule has 0 saturated heterocycles. The molecule has 35 heavy (non-hydrogen) atoms. The first-order chi connectivity index (χ1) is 17.3. The molecule has 0 aliphatic heterocycles. The highest BCUT2D eigenvalue weighted by Crippen LogP contribution is 2.45. The predicted octanol–water partition coefficient (Wildman–Crippen LogP) is 8.06. The van der Waals surface area contributed by atoms with E-state index in [0.717, 1.165) is 12.0 Å². The van der Waals surface area contributed by atoms with Gasteiger partial charge in [-0.3, -0.25) is 0 Å². The highest BCUT2D eigenvalue weighted by atomic mass is 14.9. The highest BCUT2D eigenvalue weighted by Gasteiger charge is 2.28. The highest BCUT2D eigenvalue weighted by molar-refractivity contribution is 6.20. The zero-order valence-electron chi connectivity index (χ0n) is 19.0. The van der Waals surface area contributed by atoms with Gasteiger partial charge in [-0.15, -0.1) is 0 Å². The van der Waals surface area contributed by atoms with Crippen LogP contribution >= 0.6 is 0 Å². The van der Waals surface area contributed by atoms with E-state index in [0.29, 0.717) is 11.5 Å². The van der Waals surface area contributed by atoms with Crippen molar-refractivity contribution < 1.29 is 0 Å². The molecule has 0 fully saturated rings. The SMILES string of the molecule is N#Cc1ccc(-c2cc3c4c(n5c6cc7ccccc7cc6c(c2)c35)CC2C=CC=CC2=C4)cc1. The van der Waals surface area contributed by atoms with Crippen LogP contribution in [-0.2, 0) is 6.42 Å². The zero-order valence-corrected chi connectivity index (χ0v) is 19.0. The third kappa shape index (κ3) is 2.53. The van der Waals surface area contributed by atoms with E-state index in [4.69, 9.17) is 0 Å². The monoisotopic (exact) mass is 444 g/mol. The van der Waals surface area contributed by atoms with Crippen molar-refractivity contribution in [1.82, 2.24) is 4.40 Å². The average Bonchev–Trinajstić information content (AvgIpc) is 3.41. The minimum atomic E-state index is 0.430. The van der Waals surface area contributed by atoms with Crippen LogP contribution in [0.5, 0.6) is 0 Å². The fourth-order valence-corrected chi connectivity index (χ4v) is 6.17. The molecule has 2 nitrogen and oxygen atoms in total. The van der Waals surface area contributed by atoms with Crippen molar-refractivity contribution in [2.45, 2.75) is 6.42 Å². The van der Waals surface area contributed by atoms with Gasteiger partial charge < -0.3 is 4.40 Å². The van der Waals surface area contributed by atoms with E-state index < -0.39 is 0 Å². The molecule has 1 unspecified atom stereocenters. The molecule has 8 rings (SSSR count). The summed E-state index contributed by atoms with van der Waals surface area (Å²) in [5.74, 6) is 0.430. The smallest absolute Gasteiger partial charge is 0.0991 e.